The van der Waals surface area contributed by atoms with Gasteiger partial charge in [-0.2, -0.15) is 26.3 Å². The Morgan fingerprint density at radius 2 is 1.54 bits per heavy atom. The van der Waals surface area contributed by atoms with E-state index in [1.807, 2.05) is 0 Å². The van der Waals surface area contributed by atoms with E-state index in [0.29, 0.717) is 30.7 Å². The van der Waals surface area contributed by atoms with Crippen molar-refractivity contribution in [3.05, 3.63) is 70.5 Å². The molecule has 0 aliphatic carbocycles. The third-order valence-electron chi connectivity index (χ3n) is 8.14. The van der Waals surface area contributed by atoms with Crippen LogP contribution in [-0.4, -0.2) is 54.0 Å². The van der Waals surface area contributed by atoms with Gasteiger partial charge in [-0.25, -0.2) is 4.39 Å². The number of carbonyl (C=O) groups excluding carboxylic acids is 1. The molecule has 3 heterocycles. The molecule has 1 amide bonds. The third-order valence-corrected chi connectivity index (χ3v) is 8.14. The molecule has 0 spiro atoms. The molecule has 0 N–H and O–H groups in total. The molecule has 2 unspecified atom stereocenters. The number of alkyl halides is 6. The molecule has 0 aromatic heterocycles. The highest BCUT2D eigenvalue weighted by Gasteiger charge is 2.53. The van der Waals surface area contributed by atoms with Crippen LogP contribution in [0.1, 0.15) is 60.5 Å². The van der Waals surface area contributed by atoms with Crippen molar-refractivity contribution in [2.75, 3.05) is 26.2 Å². The fourth-order valence-corrected chi connectivity index (χ4v) is 6.27. The molecule has 5 atom stereocenters. The number of carbonyl (C=O) groups is 1. The van der Waals surface area contributed by atoms with Crippen LogP contribution in [-0.2, 0) is 21.9 Å². The summed E-state index contributed by atoms with van der Waals surface area (Å²) in [5, 5.41) is 0. The van der Waals surface area contributed by atoms with E-state index in [9.17, 15) is 35.5 Å². The van der Waals surface area contributed by atoms with Crippen molar-refractivity contribution < 1.29 is 40.3 Å². The van der Waals surface area contributed by atoms with Gasteiger partial charge in [0.05, 0.1) is 29.3 Å². The van der Waals surface area contributed by atoms with Gasteiger partial charge in [-0.15, -0.1) is 0 Å². The zero-order valence-electron chi connectivity index (χ0n) is 21.2. The van der Waals surface area contributed by atoms with E-state index in [1.165, 1.54) is 19.1 Å². The molecule has 39 heavy (non-hydrogen) atoms. The molecular formula is C28H29F7N2O2. The molecule has 3 saturated heterocycles. The van der Waals surface area contributed by atoms with E-state index in [1.54, 1.807) is 17.0 Å². The highest BCUT2D eigenvalue weighted by atomic mass is 19.4. The Balaban J connectivity index is 1.42. The Bertz CT molecular complexity index is 1160. The number of amides is 1. The first-order valence-electron chi connectivity index (χ1n) is 13.0. The summed E-state index contributed by atoms with van der Waals surface area (Å²) in [4.78, 5) is 17.3. The topological polar surface area (TPSA) is 32.8 Å². The molecule has 11 heteroatoms. The highest BCUT2D eigenvalue weighted by molar-refractivity contribution is 5.82. The van der Waals surface area contributed by atoms with Gasteiger partial charge in [0.15, 0.2) is 0 Å². The van der Waals surface area contributed by atoms with Gasteiger partial charge in [0.25, 0.3) is 0 Å². The summed E-state index contributed by atoms with van der Waals surface area (Å²) >= 11 is 0. The molecule has 2 aromatic rings. The van der Waals surface area contributed by atoms with Crippen LogP contribution in [0.3, 0.4) is 0 Å². The van der Waals surface area contributed by atoms with Gasteiger partial charge in [0, 0.05) is 25.0 Å². The van der Waals surface area contributed by atoms with E-state index in [2.05, 4.69) is 4.90 Å². The predicted octanol–water partition coefficient (Wildman–Crippen LogP) is 6.42. The van der Waals surface area contributed by atoms with Gasteiger partial charge in [-0.1, -0.05) is 12.1 Å². The average molecular weight is 559 g/mol. The lowest BCUT2D eigenvalue weighted by Crippen LogP contribution is -2.35. The third kappa shape index (κ3) is 5.79. The largest absolute Gasteiger partial charge is 0.416 e. The molecule has 2 aromatic carbocycles. The summed E-state index contributed by atoms with van der Waals surface area (Å²) in [6.07, 6.45) is -9.05. The van der Waals surface area contributed by atoms with Crippen LogP contribution in [0.25, 0.3) is 0 Å². The minimum Gasteiger partial charge on any atom is -0.368 e. The number of hydrogen-bond acceptors (Lipinski definition) is 3. The Morgan fingerprint density at radius 1 is 0.949 bits per heavy atom. The lowest BCUT2D eigenvalue weighted by atomic mass is 9.86. The molecule has 3 aliphatic rings. The summed E-state index contributed by atoms with van der Waals surface area (Å²) in [5.74, 6) is -1.09. The maximum absolute atomic E-state index is 13.7. The first-order chi connectivity index (χ1) is 18.3. The molecule has 0 saturated carbocycles. The molecule has 0 radical (unpaired) electrons. The number of fused-ring (bicyclic) bond motifs is 1. The summed E-state index contributed by atoms with van der Waals surface area (Å²) in [6, 6.07) is 6.92. The van der Waals surface area contributed by atoms with Gasteiger partial charge in [-0.05, 0) is 80.7 Å². The lowest BCUT2D eigenvalue weighted by Gasteiger charge is -2.28. The smallest absolute Gasteiger partial charge is 0.368 e. The van der Waals surface area contributed by atoms with Crippen molar-refractivity contribution in [3.8, 4) is 0 Å². The Morgan fingerprint density at radius 3 is 2.10 bits per heavy atom. The van der Waals surface area contributed by atoms with Crippen LogP contribution in [0, 0.1) is 11.7 Å². The molecule has 0 bridgehead atoms. The summed E-state index contributed by atoms with van der Waals surface area (Å²) < 4.78 is 100. The number of halogens is 7. The van der Waals surface area contributed by atoms with Crippen molar-refractivity contribution in [1.82, 2.24) is 9.80 Å². The summed E-state index contributed by atoms with van der Waals surface area (Å²) in [7, 11) is 0. The number of rotatable bonds is 6. The quantitative estimate of drug-likeness (QED) is 0.384. The van der Waals surface area contributed by atoms with Crippen LogP contribution < -0.4 is 0 Å². The molecule has 3 aliphatic heterocycles. The van der Waals surface area contributed by atoms with Gasteiger partial charge in [0.1, 0.15) is 5.82 Å². The fraction of sp³-hybridized carbons (Fsp3) is 0.536. The van der Waals surface area contributed by atoms with E-state index in [0.717, 1.165) is 25.9 Å². The van der Waals surface area contributed by atoms with Crippen LogP contribution in [0.15, 0.2) is 42.5 Å². The predicted molar refractivity (Wildman–Crippen MR) is 128 cm³/mol. The first-order valence-corrected chi connectivity index (χ1v) is 13.0. The van der Waals surface area contributed by atoms with E-state index < -0.39 is 47.4 Å². The normalized spacial score (nSPS) is 26.9. The van der Waals surface area contributed by atoms with Crippen LogP contribution in [0.4, 0.5) is 30.7 Å². The van der Waals surface area contributed by atoms with Crippen molar-refractivity contribution in [2.45, 2.75) is 62.7 Å². The van der Waals surface area contributed by atoms with E-state index in [4.69, 9.17) is 4.74 Å². The maximum atomic E-state index is 13.7. The van der Waals surface area contributed by atoms with Crippen molar-refractivity contribution in [3.63, 3.8) is 0 Å². The maximum Gasteiger partial charge on any atom is 0.416 e. The van der Waals surface area contributed by atoms with Gasteiger partial charge in [0.2, 0.25) is 5.91 Å². The number of likely N-dealkylation sites (tertiary alicyclic amines) is 1. The molecular weight excluding hydrogens is 529 g/mol. The zero-order valence-corrected chi connectivity index (χ0v) is 21.2. The molecule has 5 rings (SSSR count). The molecule has 212 valence electrons. The second-order valence-electron chi connectivity index (χ2n) is 10.7. The van der Waals surface area contributed by atoms with Gasteiger partial charge in [-0.3, -0.25) is 4.79 Å². The van der Waals surface area contributed by atoms with E-state index >= 15 is 0 Å². The van der Waals surface area contributed by atoms with Crippen molar-refractivity contribution >= 4 is 5.91 Å². The van der Waals surface area contributed by atoms with Crippen LogP contribution >= 0.6 is 0 Å². The monoisotopic (exact) mass is 558 g/mol. The number of benzene rings is 2. The molecule has 3 fully saturated rings. The van der Waals surface area contributed by atoms with Crippen molar-refractivity contribution in [1.29, 1.82) is 0 Å². The van der Waals surface area contributed by atoms with Crippen LogP contribution in [0.2, 0.25) is 0 Å². The number of ether oxygens (including phenoxy) is 1. The van der Waals surface area contributed by atoms with Gasteiger partial charge < -0.3 is 14.5 Å². The number of hydrogen-bond donors (Lipinski definition) is 0. The second-order valence-corrected chi connectivity index (χ2v) is 10.7. The first kappa shape index (κ1) is 27.9. The van der Waals surface area contributed by atoms with Gasteiger partial charge >= 0.3 is 12.4 Å². The molecule has 4 nitrogen and oxygen atoms in total. The summed E-state index contributed by atoms with van der Waals surface area (Å²) in [5.41, 5.74) is -2.38. The standard InChI is InChI=1S/C28H29F7N2O2/c1-16(18-10-20(27(30,31)32)13-21(11-18)28(33,34)35)39-24-15-37-23(25(24)17-4-6-22(29)7-5-17)12-19(26(37)38)14-36-8-2-3-9-36/h4-7,10-11,13,16,19,23-25H,2-3,8-9,12,14-15H2,1H3/t16-,19?,23?,24+,25+/m1/s1. The number of nitrogens with zero attached hydrogens (tertiary/aromatic N) is 2. The summed E-state index contributed by atoms with van der Waals surface area (Å²) in [6.45, 7) is 4.08. The zero-order chi connectivity index (χ0) is 28.1. The fourth-order valence-electron chi connectivity index (χ4n) is 6.27. The van der Waals surface area contributed by atoms with Crippen molar-refractivity contribution in [2.24, 2.45) is 5.92 Å². The Labute approximate surface area is 221 Å². The highest BCUT2D eigenvalue weighted by Crippen LogP contribution is 2.46. The lowest BCUT2D eigenvalue weighted by molar-refractivity contribution is -0.143. The minimum absolute atomic E-state index is 0.0313. The SMILES string of the molecule is C[C@@H](O[C@H]1CN2C(=O)C(CN3CCCC3)CC2[C@@H]1c1ccc(F)cc1)c1cc(C(F)(F)F)cc(C(F)(F)F)c1. The Kier molecular flexibility index (Phi) is 7.43. The minimum atomic E-state index is -4.97. The van der Waals surface area contributed by atoms with E-state index in [-0.39, 0.29) is 36.0 Å². The average Bonchev–Trinajstić information content (AvgIpc) is 3.57. The van der Waals surface area contributed by atoms with Crippen LogP contribution in [0.5, 0.6) is 0 Å². The Hall–Kier alpha value is -2.66. The second kappa shape index (κ2) is 10.4.